The first-order valence-corrected chi connectivity index (χ1v) is 16.2. The SMILES string of the molecule is c1ccc2cc(-c3ccc(-c4c5ccccc5c(-c5c6ccccc6cc6oc7ccccc7c56)c5ccccc45)cc3)ccc2c1. The molecule has 0 aliphatic rings. The molecule has 1 heterocycles. The third-order valence-corrected chi connectivity index (χ3v) is 9.83. The van der Waals surface area contributed by atoms with Gasteiger partial charge in [-0.15, -0.1) is 0 Å². The highest BCUT2D eigenvalue weighted by molar-refractivity contribution is 6.30. The van der Waals surface area contributed by atoms with Crippen LogP contribution in [-0.2, 0) is 0 Å². The van der Waals surface area contributed by atoms with Gasteiger partial charge in [-0.1, -0.05) is 152 Å². The van der Waals surface area contributed by atoms with E-state index in [-0.39, 0.29) is 0 Å². The van der Waals surface area contributed by atoms with E-state index in [1.54, 1.807) is 0 Å². The van der Waals surface area contributed by atoms with Gasteiger partial charge in [0.05, 0.1) is 0 Å². The fraction of sp³-hybridized carbons (Fsp3) is 0. The smallest absolute Gasteiger partial charge is 0.136 e. The highest BCUT2D eigenvalue weighted by Crippen LogP contribution is 2.49. The Balaban J connectivity index is 1.27. The Morgan fingerprint density at radius 3 is 1.49 bits per heavy atom. The molecule has 0 aliphatic heterocycles. The fourth-order valence-corrected chi connectivity index (χ4v) is 7.72. The van der Waals surface area contributed by atoms with Crippen LogP contribution < -0.4 is 0 Å². The van der Waals surface area contributed by atoms with Crippen LogP contribution in [0.3, 0.4) is 0 Å². The molecule has 0 N–H and O–H groups in total. The van der Waals surface area contributed by atoms with E-state index in [0.29, 0.717) is 0 Å². The van der Waals surface area contributed by atoms with E-state index < -0.39 is 0 Å². The van der Waals surface area contributed by atoms with Crippen LogP contribution in [0.15, 0.2) is 174 Å². The van der Waals surface area contributed by atoms with Gasteiger partial charge in [0.1, 0.15) is 11.2 Å². The Morgan fingerprint density at radius 2 is 0.787 bits per heavy atom. The Kier molecular flexibility index (Phi) is 5.64. The molecule has 47 heavy (non-hydrogen) atoms. The van der Waals surface area contributed by atoms with Crippen LogP contribution >= 0.6 is 0 Å². The molecular formula is C46H28O. The predicted octanol–water partition coefficient (Wildman–Crippen LogP) is 13.2. The monoisotopic (exact) mass is 596 g/mol. The molecule has 0 unspecified atom stereocenters. The van der Waals surface area contributed by atoms with Crippen molar-refractivity contribution in [3.05, 3.63) is 170 Å². The zero-order valence-corrected chi connectivity index (χ0v) is 25.6. The summed E-state index contributed by atoms with van der Waals surface area (Å²) in [6.07, 6.45) is 0. The van der Waals surface area contributed by atoms with E-state index in [4.69, 9.17) is 4.42 Å². The zero-order chi connectivity index (χ0) is 30.9. The van der Waals surface area contributed by atoms with Crippen LogP contribution in [0.4, 0.5) is 0 Å². The Labute approximate surface area is 271 Å². The van der Waals surface area contributed by atoms with Crippen LogP contribution in [0.1, 0.15) is 0 Å². The number of para-hydroxylation sites is 1. The van der Waals surface area contributed by atoms with Gasteiger partial charge >= 0.3 is 0 Å². The van der Waals surface area contributed by atoms with Crippen molar-refractivity contribution in [2.75, 3.05) is 0 Å². The second-order valence-corrected chi connectivity index (χ2v) is 12.4. The first-order chi connectivity index (χ1) is 23.3. The fourth-order valence-electron chi connectivity index (χ4n) is 7.72. The van der Waals surface area contributed by atoms with Crippen LogP contribution in [-0.4, -0.2) is 0 Å². The summed E-state index contributed by atoms with van der Waals surface area (Å²) in [4.78, 5) is 0. The lowest BCUT2D eigenvalue weighted by atomic mass is 9.83. The van der Waals surface area contributed by atoms with Crippen molar-refractivity contribution < 1.29 is 4.42 Å². The first kappa shape index (κ1) is 26.1. The third-order valence-electron chi connectivity index (χ3n) is 9.83. The lowest BCUT2D eigenvalue weighted by molar-refractivity contribution is 0.669. The van der Waals surface area contributed by atoms with Crippen molar-refractivity contribution in [2.24, 2.45) is 0 Å². The van der Waals surface area contributed by atoms with Gasteiger partial charge in [-0.3, -0.25) is 0 Å². The summed E-state index contributed by atoms with van der Waals surface area (Å²) in [5.74, 6) is 0. The molecule has 0 amide bonds. The second kappa shape index (κ2) is 10.2. The van der Waals surface area contributed by atoms with E-state index in [0.717, 1.165) is 16.6 Å². The van der Waals surface area contributed by atoms with Gasteiger partial charge in [0.2, 0.25) is 0 Å². The summed E-state index contributed by atoms with van der Waals surface area (Å²) in [5.41, 5.74) is 9.23. The molecule has 0 spiro atoms. The van der Waals surface area contributed by atoms with Gasteiger partial charge in [-0.05, 0) is 89.1 Å². The highest BCUT2D eigenvalue weighted by Gasteiger charge is 2.22. The van der Waals surface area contributed by atoms with Crippen LogP contribution in [0, 0.1) is 0 Å². The van der Waals surface area contributed by atoms with Gasteiger partial charge in [0.15, 0.2) is 0 Å². The number of fused-ring (bicyclic) bond motifs is 7. The summed E-state index contributed by atoms with van der Waals surface area (Å²) in [6.45, 7) is 0. The molecule has 1 aromatic heterocycles. The number of rotatable bonds is 3. The molecule has 1 nitrogen and oxygen atoms in total. The molecule has 0 bridgehead atoms. The molecule has 0 saturated carbocycles. The van der Waals surface area contributed by atoms with E-state index in [9.17, 15) is 0 Å². The molecule has 9 aromatic carbocycles. The number of furan rings is 1. The standard InChI is InChI=1S/C46H28O/c1-2-12-32-27-33(26-23-29(32)11-1)30-21-24-31(25-22-30)43-36-15-5-7-17-38(36)44(39-18-8-6-16-37(39)43)46-35-14-4-3-13-34(35)28-42-45(46)40-19-9-10-20-41(40)47-42/h1-28H. The minimum atomic E-state index is 0.913. The highest BCUT2D eigenvalue weighted by atomic mass is 16.3. The quantitative estimate of drug-likeness (QED) is 0.185. The largest absolute Gasteiger partial charge is 0.456 e. The van der Waals surface area contributed by atoms with Gasteiger partial charge in [0, 0.05) is 16.3 Å². The van der Waals surface area contributed by atoms with Crippen molar-refractivity contribution in [3.63, 3.8) is 0 Å². The van der Waals surface area contributed by atoms with E-state index in [2.05, 4.69) is 170 Å². The van der Waals surface area contributed by atoms with Crippen molar-refractivity contribution in [2.45, 2.75) is 0 Å². The lowest BCUT2D eigenvalue weighted by Gasteiger charge is -2.19. The van der Waals surface area contributed by atoms with Gasteiger partial charge in [0.25, 0.3) is 0 Å². The maximum absolute atomic E-state index is 6.51. The van der Waals surface area contributed by atoms with Gasteiger partial charge < -0.3 is 4.42 Å². The summed E-state index contributed by atoms with van der Waals surface area (Å²) < 4.78 is 6.51. The maximum atomic E-state index is 6.51. The number of hydrogen-bond donors (Lipinski definition) is 0. The number of hydrogen-bond acceptors (Lipinski definition) is 1. The first-order valence-electron chi connectivity index (χ1n) is 16.2. The van der Waals surface area contributed by atoms with Crippen molar-refractivity contribution in [3.8, 4) is 33.4 Å². The van der Waals surface area contributed by atoms with Gasteiger partial charge in [-0.2, -0.15) is 0 Å². The van der Waals surface area contributed by atoms with Crippen LogP contribution in [0.5, 0.6) is 0 Å². The molecule has 1 heteroatoms. The molecular weight excluding hydrogens is 569 g/mol. The minimum absolute atomic E-state index is 0.913. The molecule has 0 atom stereocenters. The summed E-state index contributed by atoms with van der Waals surface area (Å²) in [7, 11) is 0. The summed E-state index contributed by atoms with van der Waals surface area (Å²) in [6, 6.07) is 61.5. The third kappa shape index (κ3) is 3.97. The molecule has 0 radical (unpaired) electrons. The Hall–Kier alpha value is -6.18. The molecule has 0 fully saturated rings. The molecule has 10 aromatic rings. The molecule has 218 valence electrons. The van der Waals surface area contributed by atoms with Crippen LogP contribution in [0.2, 0.25) is 0 Å². The maximum Gasteiger partial charge on any atom is 0.136 e. The Morgan fingerprint density at radius 1 is 0.277 bits per heavy atom. The molecule has 0 aliphatic carbocycles. The average Bonchev–Trinajstić information content (AvgIpc) is 3.51. The van der Waals surface area contributed by atoms with E-state index in [1.165, 1.54) is 81.9 Å². The van der Waals surface area contributed by atoms with Crippen molar-refractivity contribution in [1.82, 2.24) is 0 Å². The van der Waals surface area contributed by atoms with Crippen LogP contribution in [0.25, 0.3) is 98.4 Å². The van der Waals surface area contributed by atoms with Crippen molar-refractivity contribution >= 4 is 65.0 Å². The van der Waals surface area contributed by atoms with E-state index in [1.807, 2.05) is 0 Å². The van der Waals surface area contributed by atoms with E-state index >= 15 is 0 Å². The summed E-state index contributed by atoms with van der Waals surface area (Å²) in [5, 5.41) is 12.2. The van der Waals surface area contributed by atoms with Crippen molar-refractivity contribution in [1.29, 1.82) is 0 Å². The molecule has 10 rings (SSSR count). The Bertz CT molecular complexity index is 2780. The predicted molar refractivity (Wildman–Crippen MR) is 200 cm³/mol. The zero-order valence-electron chi connectivity index (χ0n) is 25.6. The second-order valence-electron chi connectivity index (χ2n) is 12.4. The average molecular weight is 597 g/mol. The summed E-state index contributed by atoms with van der Waals surface area (Å²) >= 11 is 0. The lowest BCUT2D eigenvalue weighted by Crippen LogP contribution is -1.92. The van der Waals surface area contributed by atoms with Gasteiger partial charge in [-0.25, -0.2) is 0 Å². The topological polar surface area (TPSA) is 13.1 Å². The normalized spacial score (nSPS) is 11.8. The molecule has 0 saturated heterocycles. The minimum Gasteiger partial charge on any atom is -0.456 e. The number of benzene rings is 9.